The number of benzene rings is 4. The van der Waals surface area contributed by atoms with Gasteiger partial charge in [0.25, 0.3) is 0 Å². The lowest BCUT2D eigenvalue weighted by Crippen LogP contribution is -2.55. The average molecular weight is 519 g/mol. The second-order valence-corrected chi connectivity index (χ2v) is 11.3. The standard InChI is InChI=1S/C37H35BN2/c1-24-20-26(3)35(27(4)21-24)38(36-28(5)22-25(2)23-29(36)6)33-13-9-30(10-14-33)31-11-15-34(16-12-31)40-19-17-32-8-7-18-39-37(32)40/h7-23H,1-6H3. The van der Waals surface area contributed by atoms with E-state index >= 15 is 0 Å². The molecular weight excluding hydrogens is 483 g/mol. The maximum absolute atomic E-state index is 4.57. The number of pyridine rings is 1. The summed E-state index contributed by atoms with van der Waals surface area (Å²) in [5, 5.41) is 1.15. The van der Waals surface area contributed by atoms with Gasteiger partial charge in [-0.15, -0.1) is 0 Å². The number of aryl methyl sites for hydroxylation is 6. The molecule has 3 heteroatoms. The van der Waals surface area contributed by atoms with Crippen LogP contribution in [0.1, 0.15) is 33.4 Å². The van der Waals surface area contributed by atoms with Gasteiger partial charge in [0, 0.05) is 23.5 Å². The van der Waals surface area contributed by atoms with Gasteiger partial charge in [0.2, 0.25) is 6.71 Å². The summed E-state index contributed by atoms with van der Waals surface area (Å²) in [6.45, 7) is 13.6. The van der Waals surface area contributed by atoms with Crippen LogP contribution >= 0.6 is 0 Å². The molecule has 0 aliphatic carbocycles. The average Bonchev–Trinajstić information content (AvgIpc) is 3.36. The van der Waals surface area contributed by atoms with E-state index in [1.54, 1.807) is 0 Å². The Bertz CT molecular complexity index is 1740. The van der Waals surface area contributed by atoms with Gasteiger partial charge < -0.3 is 4.57 Å². The van der Waals surface area contributed by atoms with Crippen LogP contribution in [0.2, 0.25) is 0 Å². The predicted molar refractivity (Wildman–Crippen MR) is 172 cm³/mol. The lowest BCUT2D eigenvalue weighted by atomic mass is 9.34. The highest BCUT2D eigenvalue weighted by atomic mass is 15.0. The van der Waals surface area contributed by atoms with Crippen molar-refractivity contribution >= 4 is 34.1 Å². The van der Waals surface area contributed by atoms with Gasteiger partial charge in [-0.2, -0.15) is 0 Å². The Balaban J connectivity index is 1.40. The minimum atomic E-state index is 0.187. The van der Waals surface area contributed by atoms with Crippen LogP contribution in [0.3, 0.4) is 0 Å². The molecule has 0 atom stereocenters. The smallest absolute Gasteiger partial charge is 0.242 e. The Morgan fingerprint density at radius 2 is 1.07 bits per heavy atom. The van der Waals surface area contributed by atoms with Crippen LogP contribution in [-0.2, 0) is 0 Å². The quantitative estimate of drug-likeness (QED) is 0.224. The molecule has 0 amide bonds. The number of nitrogens with zero attached hydrogens (tertiary/aromatic N) is 2. The Kier molecular flexibility index (Phi) is 6.68. The van der Waals surface area contributed by atoms with Crippen LogP contribution in [0.25, 0.3) is 27.8 Å². The van der Waals surface area contributed by atoms with Crippen LogP contribution in [0, 0.1) is 41.5 Å². The molecule has 2 aromatic heterocycles. The maximum atomic E-state index is 4.57. The topological polar surface area (TPSA) is 17.8 Å². The molecule has 0 N–H and O–H groups in total. The fourth-order valence-corrected chi connectivity index (χ4v) is 6.63. The molecule has 2 nitrogen and oxygen atoms in total. The number of rotatable bonds is 5. The molecule has 0 fully saturated rings. The molecule has 2 heterocycles. The molecule has 4 aromatic carbocycles. The van der Waals surface area contributed by atoms with Gasteiger partial charge in [0.15, 0.2) is 0 Å². The third-order valence-electron chi connectivity index (χ3n) is 8.22. The van der Waals surface area contributed by atoms with Crippen molar-refractivity contribution in [1.82, 2.24) is 9.55 Å². The van der Waals surface area contributed by atoms with Crippen molar-refractivity contribution in [1.29, 1.82) is 0 Å². The number of fused-ring (bicyclic) bond motifs is 1. The van der Waals surface area contributed by atoms with Crippen molar-refractivity contribution in [3.8, 4) is 16.8 Å². The summed E-state index contributed by atoms with van der Waals surface area (Å²) in [7, 11) is 0. The van der Waals surface area contributed by atoms with Crippen molar-refractivity contribution in [2.75, 3.05) is 0 Å². The van der Waals surface area contributed by atoms with E-state index in [2.05, 4.69) is 142 Å². The molecule has 0 bridgehead atoms. The highest BCUT2D eigenvalue weighted by Gasteiger charge is 2.28. The third kappa shape index (κ3) is 4.66. The first-order valence-corrected chi connectivity index (χ1v) is 14.1. The van der Waals surface area contributed by atoms with Crippen LogP contribution in [0.5, 0.6) is 0 Å². The molecule has 6 aromatic rings. The van der Waals surface area contributed by atoms with Crippen LogP contribution in [0.4, 0.5) is 0 Å². The van der Waals surface area contributed by atoms with Crippen LogP contribution < -0.4 is 16.4 Å². The zero-order chi connectivity index (χ0) is 28.0. The van der Waals surface area contributed by atoms with Crippen molar-refractivity contribution < 1.29 is 0 Å². The van der Waals surface area contributed by atoms with Crippen LogP contribution in [-0.4, -0.2) is 16.3 Å². The monoisotopic (exact) mass is 518 g/mol. The molecule has 0 spiro atoms. The number of aromatic nitrogens is 2. The Labute approximate surface area is 238 Å². The summed E-state index contributed by atoms with van der Waals surface area (Å²) in [6, 6.07) is 33.5. The lowest BCUT2D eigenvalue weighted by Gasteiger charge is -2.24. The first-order valence-electron chi connectivity index (χ1n) is 14.1. The van der Waals surface area contributed by atoms with Crippen molar-refractivity contribution in [2.45, 2.75) is 41.5 Å². The SMILES string of the molecule is Cc1cc(C)c(B(c2ccc(-c3ccc(-n4ccc5cccnc54)cc3)cc2)c2c(C)cc(C)cc2C)c(C)c1. The molecule has 196 valence electrons. The van der Waals surface area contributed by atoms with Crippen molar-refractivity contribution in [3.63, 3.8) is 0 Å². The normalized spacial score (nSPS) is 11.2. The Morgan fingerprint density at radius 1 is 0.575 bits per heavy atom. The summed E-state index contributed by atoms with van der Waals surface area (Å²) >= 11 is 0. The molecule has 6 rings (SSSR count). The molecule has 0 unspecified atom stereocenters. The molecule has 0 radical (unpaired) electrons. The van der Waals surface area contributed by atoms with E-state index in [-0.39, 0.29) is 6.71 Å². The van der Waals surface area contributed by atoms with Gasteiger partial charge >= 0.3 is 0 Å². The maximum Gasteiger partial charge on any atom is 0.242 e. The number of hydrogen-bond acceptors (Lipinski definition) is 1. The van der Waals surface area contributed by atoms with E-state index in [0.29, 0.717) is 0 Å². The molecule has 40 heavy (non-hydrogen) atoms. The summed E-state index contributed by atoms with van der Waals surface area (Å²) in [5.41, 5.74) is 16.8. The van der Waals surface area contributed by atoms with E-state index in [1.807, 2.05) is 12.3 Å². The highest BCUT2D eigenvalue weighted by Crippen LogP contribution is 2.23. The van der Waals surface area contributed by atoms with E-state index < -0.39 is 0 Å². The first-order chi connectivity index (χ1) is 19.3. The minimum Gasteiger partial charge on any atom is -0.301 e. The summed E-state index contributed by atoms with van der Waals surface area (Å²) < 4.78 is 2.14. The molecular formula is C37H35BN2. The Hall–Kier alpha value is -4.37. The van der Waals surface area contributed by atoms with E-state index in [1.165, 1.54) is 60.9 Å². The highest BCUT2D eigenvalue weighted by molar-refractivity contribution is 6.96. The second kappa shape index (κ2) is 10.3. The second-order valence-electron chi connectivity index (χ2n) is 11.3. The van der Waals surface area contributed by atoms with Gasteiger partial charge in [-0.05, 0) is 83.0 Å². The fraction of sp³-hybridized carbons (Fsp3) is 0.162. The summed E-state index contributed by atoms with van der Waals surface area (Å²) in [4.78, 5) is 4.57. The summed E-state index contributed by atoms with van der Waals surface area (Å²) in [6.07, 6.45) is 3.94. The Morgan fingerprint density at radius 3 is 1.60 bits per heavy atom. The predicted octanol–water partition coefficient (Wildman–Crippen LogP) is 7.06. The fourth-order valence-electron chi connectivity index (χ4n) is 6.63. The van der Waals surface area contributed by atoms with E-state index in [9.17, 15) is 0 Å². The van der Waals surface area contributed by atoms with Gasteiger partial charge in [0.05, 0.1) is 0 Å². The largest absolute Gasteiger partial charge is 0.301 e. The van der Waals surface area contributed by atoms with Crippen molar-refractivity contribution in [2.24, 2.45) is 0 Å². The zero-order valence-electron chi connectivity index (χ0n) is 24.3. The summed E-state index contributed by atoms with van der Waals surface area (Å²) in [5.74, 6) is 0. The van der Waals surface area contributed by atoms with Crippen LogP contribution in [0.15, 0.2) is 103 Å². The minimum absolute atomic E-state index is 0.187. The van der Waals surface area contributed by atoms with Gasteiger partial charge in [-0.3, -0.25) is 0 Å². The molecule has 0 aliphatic heterocycles. The lowest BCUT2D eigenvalue weighted by molar-refractivity contribution is 1.09. The van der Waals surface area contributed by atoms with Crippen molar-refractivity contribution in [3.05, 3.63) is 137 Å². The van der Waals surface area contributed by atoms with E-state index in [4.69, 9.17) is 0 Å². The molecule has 0 saturated carbocycles. The van der Waals surface area contributed by atoms with E-state index in [0.717, 1.165) is 16.7 Å². The van der Waals surface area contributed by atoms with Gasteiger partial charge in [0.1, 0.15) is 5.65 Å². The zero-order valence-corrected chi connectivity index (χ0v) is 24.3. The molecule has 0 aliphatic rings. The first kappa shape index (κ1) is 25.9. The number of hydrogen-bond donors (Lipinski definition) is 0. The van der Waals surface area contributed by atoms with Gasteiger partial charge in [-0.1, -0.05) is 110 Å². The third-order valence-corrected chi connectivity index (χ3v) is 8.22. The molecule has 0 saturated heterocycles. The van der Waals surface area contributed by atoms with Gasteiger partial charge in [-0.25, -0.2) is 4.98 Å².